The van der Waals surface area contributed by atoms with Crippen LogP contribution in [0.15, 0.2) is 36.5 Å². The van der Waals surface area contributed by atoms with E-state index in [9.17, 15) is 4.79 Å². The highest BCUT2D eigenvalue weighted by Gasteiger charge is 2.12. The van der Waals surface area contributed by atoms with Gasteiger partial charge in [0.15, 0.2) is 0 Å². The third-order valence-corrected chi connectivity index (χ3v) is 4.10. The fourth-order valence-electron chi connectivity index (χ4n) is 2.88. The van der Waals surface area contributed by atoms with Crippen molar-refractivity contribution in [2.45, 2.75) is 39.3 Å². The van der Waals surface area contributed by atoms with Gasteiger partial charge in [-0.3, -0.25) is 9.48 Å². The lowest BCUT2D eigenvalue weighted by molar-refractivity contribution is -0.121. The number of benzene rings is 1. The molecule has 0 aliphatic heterocycles. The second-order valence-electron chi connectivity index (χ2n) is 6.22. The third kappa shape index (κ3) is 3.64. The van der Waals surface area contributed by atoms with Crippen LogP contribution in [-0.2, 0) is 24.8 Å². The lowest BCUT2D eigenvalue weighted by atomic mass is 10.2. The molecule has 0 saturated carbocycles. The number of hydrogen-bond acceptors (Lipinski definition) is 3. The molecule has 2 aromatic heterocycles. The van der Waals surface area contributed by atoms with E-state index in [0.717, 1.165) is 22.6 Å². The molecule has 2 heterocycles. The van der Waals surface area contributed by atoms with Gasteiger partial charge in [-0.25, -0.2) is 4.98 Å². The number of carbonyl (C=O) groups excluding carboxylic acids is 1. The first kappa shape index (κ1) is 16.2. The van der Waals surface area contributed by atoms with Crippen molar-refractivity contribution in [2.75, 3.05) is 0 Å². The Labute approximate surface area is 141 Å². The summed E-state index contributed by atoms with van der Waals surface area (Å²) in [4.78, 5) is 16.8. The summed E-state index contributed by atoms with van der Waals surface area (Å²) in [6.45, 7) is 4.62. The highest BCUT2D eigenvalue weighted by molar-refractivity contribution is 5.77. The Kier molecular flexibility index (Phi) is 4.64. The number of fused-ring (bicyclic) bond motifs is 1. The van der Waals surface area contributed by atoms with Crippen LogP contribution in [0, 0.1) is 6.92 Å². The zero-order valence-electron chi connectivity index (χ0n) is 14.4. The largest absolute Gasteiger partial charge is 0.352 e. The van der Waals surface area contributed by atoms with E-state index in [1.807, 2.05) is 62.1 Å². The van der Waals surface area contributed by atoms with Gasteiger partial charge in [-0.15, -0.1) is 0 Å². The van der Waals surface area contributed by atoms with E-state index >= 15 is 0 Å². The molecule has 24 heavy (non-hydrogen) atoms. The summed E-state index contributed by atoms with van der Waals surface area (Å²) >= 11 is 0. The lowest BCUT2D eigenvalue weighted by Crippen LogP contribution is -2.36. The van der Waals surface area contributed by atoms with Gasteiger partial charge in [0.1, 0.15) is 5.82 Å². The van der Waals surface area contributed by atoms with Gasteiger partial charge in [0.05, 0.1) is 23.3 Å². The summed E-state index contributed by atoms with van der Waals surface area (Å²) < 4.78 is 3.91. The Morgan fingerprint density at radius 3 is 2.79 bits per heavy atom. The number of nitrogens with zero attached hydrogens (tertiary/aromatic N) is 4. The van der Waals surface area contributed by atoms with E-state index in [1.54, 1.807) is 0 Å². The Morgan fingerprint density at radius 1 is 1.29 bits per heavy atom. The molecule has 3 rings (SSSR count). The molecule has 126 valence electrons. The topological polar surface area (TPSA) is 64.7 Å². The summed E-state index contributed by atoms with van der Waals surface area (Å²) in [5, 5.41) is 7.36. The molecule has 0 fully saturated rings. The smallest absolute Gasteiger partial charge is 0.220 e. The van der Waals surface area contributed by atoms with Gasteiger partial charge in [0.25, 0.3) is 0 Å². The standard InChI is InChI=1S/C18H23N5O/c1-13-10-11-23(21-13)12-14(2)19-18(24)9-8-17-20-15-6-4-5-7-16(15)22(17)3/h4-7,10-11,14H,8-9,12H2,1-3H3,(H,19,24). The third-order valence-electron chi connectivity index (χ3n) is 4.10. The number of hydrogen-bond donors (Lipinski definition) is 1. The van der Waals surface area contributed by atoms with Crippen LogP contribution in [0.2, 0.25) is 0 Å². The Hall–Kier alpha value is -2.63. The van der Waals surface area contributed by atoms with Crippen LogP contribution in [0.5, 0.6) is 0 Å². The van der Waals surface area contributed by atoms with Crippen LogP contribution in [-0.4, -0.2) is 31.3 Å². The number of amides is 1. The van der Waals surface area contributed by atoms with Gasteiger partial charge in [0, 0.05) is 32.1 Å². The van der Waals surface area contributed by atoms with Crippen LogP contribution < -0.4 is 5.32 Å². The highest BCUT2D eigenvalue weighted by Crippen LogP contribution is 2.15. The van der Waals surface area contributed by atoms with E-state index in [0.29, 0.717) is 19.4 Å². The number of para-hydroxylation sites is 2. The first-order chi connectivity index (χ1) is 11.5. The average molecular weight is 325 g/mol. The summed E-state index contributed by atoms with van der Waals surface area (Å²) in [6, 6.07) is 10.0. The summed E-state index contributed by atoms with van der Waals surface area (Å²) in [5.41, 5.74) is 3.04. The van der Waals surface area contributed by atoms with E-state index in [2.05, 4.69) is 20.0 Å². The molecule has 1 N–H and O–H groups in total. The molecule has 0 saturated heterocycles. The molecular formula is C18H23N5O. The van der Waals surface area contributed by atoms with Crippen molar-refractivity contribution in [3.05, 3.63) is 48.0 Å². The fourth-order valence-corrected chi connectivity index (χ4v) is 2.88. The maximum absolute atomic E-state index is 12.2. The van der Waals surface area contributed by atoms with Crippen LogP contribution in [0.4, 0.5) is 0 Å². The second-order valence-corrected chi connectivity index (χ2v) is 6.22. The van der Waals surface area contributed by atoms with Crippen molar-refractivity contribution in [3.63, 3.8) is 0 Å². The fraction of sp³-hybridized carbons (Fsp3) is 0.389. The van der Waals surface area contributed by atoms with Crippen LogP contribution >= 0.6 is 0 Å². The van der Waals surface area contributed by atoms with Gasteiger partial charge in [-0.05, 0) is 32.0 Å². The minimum absolute atomic E-state index is 0.0391. The molecule has 0 spiro atoms. The Balaban J connectivity index is 1.53. The lowest BCUT2D eigenvalue weighted by Gasteiger charge is -2.14. The minimum Gasteiger partial charge on any atom is -0.352 e. The molecule has 0 aliphatic rings. The molecule has 1 aromatic carbocycles. The molecule has 1 unspecified atom stereocenters. The predicted octanol–water partition coefficient (Wildman–Crippen LogP) is 2.22. The molecule has 0 radical (unpaired) electrons. The maximum atomic E-state index is 12.2. The Bertz CT molecular complexity index is 848. The normalized spacial score (nSPS) is 12.5. The molecule has 0 bridgehead atoms. The first-order valence-corrected chi connectivity index (χ1v) is 8.22. The van der Waals surface area contributed by atoms with Crippen molar-refractivity contribution in [1.82, 2.24) is 24.6 Å². The molecule has 0 aliphatic carbocycles. The minimum atomic E-state index is 0.0391. The van der Waals surface area contributed by atoms with Gasteiger partial charge in [0.2, 0.25) is 5.91 Å². The summed E-state index contributed by atoms with van der Waals surface area (Å²) in [5.74, 6) is 0.972. The zero-order valence-corrected chi connectivity index (χ0v) is 14.4. The second kappa shape index (κ2) is 6.86. The first-order valence-electron chi connectivity index (χ1n) is 8.22. The van der Waals surface area contributed by atoms with Gasteiger partial charge < -0.3 is 9.88 Å². The quantitative estimate of drug-likeness (QED) is 0.756. The average Bonchev–Trinajstić information content (AvgIpc) is 3.09. The highest BCUT2D eigenvalue weighted by atomic mass is 16.1. The predicted molar refractivity (Wildman–Crippen MR) is 93.6 cm³/mol. The molecule has 1 atom stereocenters. The number of aromatic nitrogens is 4. The van der Waals surface area contributed by atoms with Crippen LogP contribution in [0.3, 0.4) is 0 Å². The molecule has 1 amide bonds. The monoisotopic (exact) mass is 325 g/mol. The van der Waals surface area contributed by atoms with Crippen LogP contribution in [0.1, 0.15) is 24.9 Å². The number of carbonyl (C=O) groups is 1. The SMILES string of the molecule is Cc1ccn(CC(C)NC(=O)CCc2nc3ccccc3n2C)n1. The van der Waals surface area contributed by atoms with Gasteiger partial charge >= 0.3 is 0 Å². The zero-order chi connectivity index (χ0) is 17.1. The molecule has 3 aromatic rings. The van der Waals surface area contributed by atoms with Crippen molar-refractivity contribution in [3.8, 4) is 0 Å². The summed E-state index contributed by atoms with van der Waals surface area (Å²) in [7, 11) is 1.99. The van der Waals surface area contributed by atoms with Crippen LogP contribution in [0.25, 0.3) is 11.0 Å². The molecular weight excluding hydrogens is 302 g/mol. The number of nitrogens with one attached hydrogen (secondary N) is 1. The molecule has 6 nitrogen and oxygen atoms in total. The van der Waals surface area contributed by atoms with Gasteiger partial charge in [-0.1, -0.05) is 12.1 Å². The number of imidazole rings is 1. The van der Waals surface area contributed by atoms with Crippen molar-refractivity contribution < 1.29 is 4.79 Å². The van der Waals surface area contributed by atoms with E-state index < -0.39 is 0 Å². The van der Waals surface area contributed by atoms with Crippen molar-refractivity contribution in [2.24, 2.45) is 7.05 Å². The van der Waals surface area contributed by atoms with E-state index in [-0.39, 0.29) is 11.9 Å². The molecule has 6 heteroatoms. The summed E-state index contributed by atoms with van der Waals surface area (Å²) in [6.07, 6.45) is 2.99. The van der Waals surface area contributed by atoms with Gasteiger partial charge in [-0.2, -0.15) is 5.10 Å². The maximum Gasteiger partial charge on any atom is 0.220 e. The number of rotatable bonds is 6. The Morgan fingerprint density at radius 2 is 2.08 bits per heavy atom. The van der Waals surface area contributed by atoms with E-state index in [1.165, 1.54) is 0 Å². The van der Waals surface area contributed by atoms with E-state index in [4.69, 9.17) is 0 Å². The van der Waals surface area contributed by atoms with Crippen molar-refractivity contribution >= 4 is 16.9 Å². The number of aryl methyl sites for hydroxylation is 3. The van der Waals surface area contributed by atoms with Crippen molar-refractivity contribution in [1.29, 1.82) is 0 Å².